The lowest BCUT2D eigenvalue weighted by Gasteiger charge is -2.40. The average molecular weight is 249 g/mol. The highest BCUT2D eigenvalue weighted by atomic mass is 16.5. The predicted octanol–water partition coefficient (Wildman–Crippen LogP) is 2.23. The largest absolute Gasteiger partial charge is 0.378 e. The zero-order valence-electron chi connectivity index (χ0n) is 11.5. The molecule has 1 aliphatic heterocycles. The van der Waals surface area contributed by atoms with Gasteiger partial charge in [0.2, 0.25) is 5.91 Å². The zero-order chi connectivity index (χ0) is 13.0. The third kappa shape index (κ3) is 1.43. The van der Waals surface area contributed by atoms with Crippen LogP contribution in [0.25, 0.3) is 0 Å². The van der Waals surface area contributed by atoms with Crippen molar-refractivity contribution in [2.24, 2.45) is 16.7 Å². The van der Waals surface area contributed by atoms with E-state index in [4.69, 9.17) is 4.74 Å². The van der Waals surface area contributed by atoms with E-state index in [1.807, 2.05) is 4.90 Å². The van der Waals surface area contributed by atoms with E-state index in [2.05, 4.69) is 20.4 Å². The van der Waals surface area contributed by atoms with Gasteiger partial charge < -0.3 is 9.64 Å². The molecule has 1 saturated heterocycles. The summed E-state index contributed by atoms with van der Waals surface area (Å²) in [6.45, 7) is 11.7. The van der Waals surface area contributed by atoms with Crippen molar-refractivity contribution in [2.45, 2.75) is 33.1 Å². The number of hydrogen-bond donors (Lipinski definition) is 0. The molecule has 0 aromatic heterocycles. The topological polar surface area (TPSA) is 29.5 Å². The second kappa shape index (κ2) is 3.83. The van der Waals surface area contributed by atoms with Crippen LogP contribution < -0.4 is 0 Å². The molecule has 18 heavy (non-hydrogen) atoms. The second-order valence-electron chi connectivity index (χ2n) is 6.63. The Balaban J connectivity index is 1.87. The number of carbonyl (C=O) groups is 1. The molecule has 3 nitrogen and oxygen atoms in total. The number of carbonyl (C=O) groups excluding carboxylic acids is 1. The molecule has 3 rings (SSSR count). The molecule has 100 valence electrons. The zero-order valence-corrected chi connectivity index (χ0v) is 11.5. The van der Waals surface area contributed by atoms with Crippen LogP contribution in [0, 0.1) is 16.7 Å². The van der Waals surface area contributed by atoms with Crippen molar-refractivity contribution in [3.63, 3.8) is 0 Å². The maximum absolute atomic E-state index is 12.9. The maximum atomic E-state index is 12.9. The smallest absolute Gasteiger partial charge is 0.233 e. The minimum atomic E-state index is -0.245. The van der Waals surface area contributed by atoms with Gasteiger partial charge in [-0.05, 0) is 30.6 Å². The number of fused-ring (bicyclic) bond motifs is 2. The molecule has 3 heteroatoms. The van der Waals surface area contributed by atoms with E-state index in [0.29, 0.717) is 25.0 Å². The van der Waals surface area contributed by atoms with Gasteiger partial charge in [0, 0.05) is 13.1 Å². The summed E-state index contributed by atoms with van der Waals surface area (Å²) < 4.78 is 5.34. The Morgan fingerprint density at radius 3 is 2.61 bits per heavy atom. The van der Waals surface area contributed by atoms with Gasteiger partial charge in [-0.2, -0.15) is 0 Å². The van der Waals surface area contributed by atoms with E-state index in [1.54, 1.807) is 0 Å². The van der Waals surface area contributed by atoms with Crippen LogP contribution in [0.2, 0.25) is 0 Å². The summed E-state index contributed by atoms with van der Waals surface area (Å²) in [5.41, 5.74) is 1.08. The summed E-state index contributed by atoms with van der Waals surface area (Å²) in [4.78, 5) is 14.9. The first-order valence-corrected chi connectivity index (χ1v) is 7.05. The second-order valence-corrected chi connectivity index (χ2v) is 6.63. The van der Waals surface area contributed by atoms with E-state index in [1.165, 1.54) is 12.0 Å². The van der Waals surface area contributed by atoms with Gasteiger partial charge in [-0.3, -0.25) is 4.79 Å². The fourth-order valence-electron chi connectivity index (χ4n) is 4.19. The van der Waals surface area contributed by atoms with Crippen molar-refractivity contribution in [3.8, 4) is 0 Å². The van der Waals surface area contributed by atoms with Crippen LogP contribution in [-0.4, -0.2) is 37.1 Å². The van der Waals surface area contributed by atoms with Crippen molar-refractivity contribution >= 4 is 5.91 Å². The molecule has 1 heterocycles. The average Bonchev–Trinajstić information content (AvgIpc) is 2.90. The van der Waals surface area contributed by atoms with Crippen molar-refractivity contribution in [2.75, 3.05) is 26.3 Å². The Morgan fingerprint density at radius 1 is 1.39 bits per heavy atom. The Hall–Kier alpha value is -0.830. The van der Waals surface area contributed by atoms with Crippen molar-refractivity contribution < 1.29 is 9.53 Å². The molecule has 3 aliphatic rings. The van der Waals surface area contributed by atoms with E-state index in [-0.39, 0.29) is 10.8 Å². The van der Waals surface area contributed by atoms with E-state index in [9.17, 15) is 4.79 Å². The Bertz CT molecular complexity index is 395. The Kier molecular flexibility index (Phi) is 2.60. The normalized spacial score (nSPS) is 38.2. The molecule has 3 fully saturated rings. The number of ether oxygens (including phenoxy) is 1. The molecule has 2 aliphatic carbocycles. The van der Waals surface area contributed by atoms with Gasteiger partial charge in [0.25, 0.3) is 0 Å². The number of morpholine rings is 1. The minimum Gasteiger partial charge on any atom is -0.378 e. The Morgan fingerprint density at radius 2 is 2.06 bits per heavy atom. The van der Waals surface area contributed by atoms with Gasteiger partial charge in [0.05, 0.1) is 18.6 Å². The summed E-state index contributed by atoms with van der Waals surface area (Å²) in [6, 6.07) is 0. The van der Waals surface area contributed by atoms with Crippen LogP contribution in [0.1, 0.15) is 33.1 Å². The van der Waals surface area contributed by atoms with Crippen molar-refractivity contribution in [1.82, 2.24) is 4.90 Å². The fraction of sp³-hybridized carbons (Fsp3) is 0.800. The van der Waals surface area contributed by atoms with Gasteiger partial charge in [-0.25, -0.2) is 0 Å². The monoisotopic (exact) mass is 249 g/mol. The van der Waals surface area contributed by atoms with Gasteiger partial charge in [-0.1, -0.05) is 26.0 Å². The third-order valence-electron chi connectivity index (χ3n) is 5.60. The highest BCUT2D eigenvalue weighted by molar-refractivity contribution is 5.87. The molecule has 0 aromatic rings. The molecule has 0 unspecified atom stereocenters. The number of amides is 1. The van der Waals surface area contributed by atoms with Gasteiger partial charge in [-0.15, -0.1) is 0 Å². The predicted molar refractivity (Wildman–Crippen MR) is 70.1 cm³/mol. The first kappa shape index (κ1) is 12.2. The van der Waals surface area contributed by atoms with Crippen LogP contribution in [-0.2, 0) is 9.53 Å². The quantitative estimate of drug-likeness (QED) is 0.667. The number of nitrogens with zero attached hydrogens (tertiary/aromatic N) is 1. The third-order valence-corrected chi connectivity index (χ3v) is 5.60. The van der Waals surface area contributed by atoms with Crippen LogP contribution in [0.3, 0.4) is 0 Å². The molecular weight excluding hydrogens is 226 g/mol. The number of hydrogen-bond acceptors (Lipinski definition) is 2. The van der Waals surface area contributed by atoms with E-state index >= 15 is 0 Å². The Labute approximate surface area is 109 Å². The maximum Gasteiger partial charge on any atom is 0.233 e. The highest BCUT2D eigenvalue weighted by Crippen LogP contribution is 2.65. The summed E-state index contributed by atoms with van der Waals surface area (Å²) in [6.07, 6.45) is 3.22. The standard InChI is InChI=1S/C15H23NO2/c1-11-14(2,3)12-4-5-15(11,10-12)13(17)16-6-8-18-9-7-16/h12H,1,4-10H2,2-3H3/t12-,15+/m0/s1. The van der Waals surface area contributed by atoms with Crippen molar-refractivity contribution in [3.05, 3.63) is 12.2 Å². The van der Waals surface area contributed by atoms with Crippen molar-refractivity contribution in [1.29, 1.82) is 0 Å². The highest BCUT2D eigenvalue weighted by Gasteiger charge is 2.61. The van der Waals surface area contributed by atoms with Crippen LogP contribution in [0.5, 0.6) is 0 Å². The summed E-state index contributed by atoms with van der Waals surface area (Å²) in [7, 11) is 0. The van der Waals surface area contributed by atoms with Gasteiger partial charge in [0.1, 0.15) is 0 Å². The molecule has 0 spiro atoms. The van der Waals surface area contributed by atoms with Crippen LogP contribution in [0.15, 0.2) is 12.2 Å². The first-order valence-electron chi connectivity index (χ1n) is 7.05. The molecule has 0 radical (unpaired) electrons. The van der Waals surface area contributed by atoms with E-state index in [0.717, 1.165) is 25.9 Å². The molecule has 2 atom stereocenters. The molecule has 2 bridgehead atoms. The SMILES string of the molecule is C=C1C(C)(C)[C@H]2CC[C@@]1(C(=O)N1CCOCC1)C2. The van der Waals surface area contributed by atoms with Crippen LogP contribution >= 0.6 is 0 Å². The molecule has 2 saturated carbocycles. The molecular formula is C15H23NO2. The first-order chi connectivity index (χ1) is 8.48. The lowest BCUT2D eigenvalue weighted by molar-refractivity contribution is -0.143. The summed E-state index contributed by atoms with van der Waals surface area (Å²) in [5.74, 6) is 0.971. The minimum absolute atomic E-state index is 0.139. The van der Waals surface area contributed by atoms with Crippen LogP contribution in [0.4, 0.5) is 0 Å². The lowest BCUT2D eigenvalue weighted by Crippen LogP contribution is -2.48. The fourth-order valence-corrected chi connectivity index (χ4v) is 4.19. The summed E-state index contributed by atoms with van der Waals surface area (Å²) >= 11 is 0. The van der Waals surface area contributed by atoms with Gasteiger partial charge in [0.15, 0.2) is 0 Å². The summed E-state index contributed by atoms with van der Waals surface area (Å²) in [5, 5.41) is 0. The molecule has 0 aromatic carbocycles. The number of rotatable bonds is 1. The van der Waals surface area contributed by atoms with E-state index < -0.39 is 0 Å². The lowest BCUT2D eigenvalue weighted by atomic mass is 9.68. The molecule has 0 N–H and O–H groups in total. The van der Waals surface area contributed by atoms with Gasteiger partial charge >= 0.3 is 0 Å². The molecule has 1 amide bonds.